The summed E-state index contributed by atoms with van der Waals surface area (Å²) in [6.45, 7) is 5.66. The first-order valence-electron chi connectivity index (χ1n) is 10.2. The highest BCUT2D eigenvalue weighted by atomic mass is 32.2. The molecule has 0 radical (unpaired) electrons. The number of halogens is 4. The van der Waals surface area contributed by atoms with E-state index in [4.69, 9.17) is 4.74 Å². The maximum atomic E-state index is 14.0. The van der Waals surface area contributed by atoms with Gasteiger partial charge in [0.15, 0.2) is 0 Å². The molecular weight excluding hydrogens is 478 g/mol. The van der Waals surface area contributed by atoms with E-state index in [0.29, 0.717) is 5.39 Å². The van der Waals surface area contributed by atoms with E-state index in [1.54, 1.807) is 20.8 Å². The van der Waals surface area contributed by atoms with Gasteiger partial charge in [0.1, 0.15) is 17.5 Å². The molecule has 2 aromatic carbocycles. The maximum Gasteiger partial charge on any atom is 0.435 e. The Hall–Kier alpha value is -2.99. The summed E-state index contributed by atoms with van der Waals surface area (Å²) in [5.41, 5.74) is -1.23. The Balaban J connectivity index is 2.11. The summed E-state index contributed by atoms with van der Waals surface area (Å²) in [5.74, 6) is -0.753. The molecule has 1 aromatic heterocycles. The summed E-state index contributed by atoms with van der Waals surface area (Å²) in [6, 6.07) is 4.46. The highest BCUT2D eigenvalue weighted by Crippen LogP contribution is 2.40. The summed E-state index contributed by atoms with van der Waals surface area (Å²) in [6.07, 6.45) is -4.54. The molecule has 0 fully saturated rings. The van der Waals surface area contributed by atoms with Crippen LogP contribution in [0.4, 0.5) is 22.4 Å². The lowest BCUT2D eigenvalue weighted by atomic mass is 10.1. The largest absolute Gasteiger partial charge is 0.442 e. The van der Waals surface area contributed by atoms with E-state index in [0.717, 1.165) is 41.1 Å². The molecule has 1 atom stereocenters. The number of benzene rings is 2. The van der Waals surface area contributed by atoms with Crippen molar-refractivity contribution in [3.05, 3.63) is 60.0 Å². The number of rotatable bonds is 5. The number of fused-ring (bicyclic) bond motifs is 1. The first-order valence-corrected chi connectivity index (χ1v) is 11.6. The van der Waals surface area contributed by atoms with Gasteiger partial charge in [-0.25, -0.2) is 17.6 Å². The van der Waals surface area contributed by atoms with Crippen molar-refractivity contribution in [3.63, 3.8) is 0 Å². The number of aromatic nitrogens is 2. The second kappa shape index (κ2) is 8.99. The Labute approximate surface area is 194 Å². The minimum absolute atomic E-state index is 0.0525. The summed E-state index contributed by atoms with van der Waals surface area (Å²) in [5, 5.41) is 4.30. The van der Waals surface area contributed by atoms with E-state index >= 15 is 0 Å². The standard InChI is InChI=1S/C22H23F4N3O4S/c1-5-28(19(22(24,25)26)14-6-9-16(23)10-7-14)34(31,32)17-11-8-15-13-27-29(18(15)12-17)20(30)33-21(2,3)4/h6-13,19H,5H2,1-4H3/t19-/m1/s1. The Morgan fingerprint density at radius 1 is 1.12 bits per heavy atom. The number of ether oxygens (including phenoxy) is 1. The number of alkyl halides is 3. The van der Waals surface area contributed by atoms with Crippen LogP contribution in [-0.4, -0.2) is 46.9 Å². The number of sulfonamides is 1. The average molecular weight is 502 g/mol. The zero-order chi connectivity index (χ0) is 25.5. The lowest BCUT2D eigenvalue weighted by molar-refractivity contribution is -0.173. The zero-order valence-electron chi connectivity index (χ0n) is 18.8. The lowest BCUT2D eigenvalue weighted by Gasteiger charge is -2.31. The van der Waals surface area contributed by atoms with E-state index in [1.807, 2.05) is 0 Å². The molecule has 0 spiro atoms. The van der Waals surface area contributed by atoms with Crippen molar-refractivity contribution in [3.8, 4) is 0 Å². The topological polar surface area (TPSA) is 81.5 Å². The van der Waals surface area contributed by atoms with Gasteiger partial charge in [0, 0.05) is 11.9 Å². The first-order chi connectivity index (χ1) is 15.6. The molecule has 3 aromatic rings. The first kappa shape index (κ1) is 25.6. The van der Waals surface area contributed by atoms with Gasteiger partial charge in [-0.3, -0.25) is 0 Å². The van der Waals surface area contributed by atoms with Gasteiger partial charge in [-0.2, -0.15) is 27.3 Å². The molecule has 34 heavy (non-hydrogen) atoms. The molecule has 1 heterocycles. The van der Waals surface area contributed by atoms with E-state index in [-0.39, 0.29) is 9.82 Å². The van der Waals surface area contributed by atoms with Crippen LogP contribution in [0.1, 0.15) is 39.3 Å². The van der Waals surface area contributed by atoms with Crippen molar-refractivity contribution >= 4 is 27.0 Å². The molecule has 0 saturated heterocycles. The van der Waals surface area contributed by atoms with Crippen molar-refractivity contribution < 1.29 is 35.5 Å². The van der Waals surface area contributed by atoms with Gasteiger partial charge in [-0.05, 0) is 56.7 Å². The van der Waals surface area contributed by atoms with Crippen LogP contribution in [-0.2, 0) is 14.8 Å². The third kappa shape index (κ3) is 5.22. The number of hydrogen-bond donors (Lipinski definition) is 0. The van der Waals surface area contributed by atoms with E-state index in [2.05, 4.69) is 5.10 Å². The molecular formula is C22H23F4N3O4S. The van der Waals surface area contributed by atoms with Crippen LogP contribution in [0.2, 0.25) is 0 Å². The second-order valence-electron chi connectivity index (χ2n) is 8.46. The Bertz CT molecular complexity index is 1300. The molecule has 0 aliphatic carbocycles. The van der Waals surface area contributed by atoms with Gasteiger partial charge in [0.25, 0.3) is 0 Å². The van der Waals surface area contributed by atoms with Gasteiger partial charge in [-0.15, -0.1) is 0 Å². The minimum atomic E-state index is -4.98. The van der Waals surface area contributed by atoms with Crippen molar-refractivity contribution in [1.29, 1.82) is 0 Å². The van der Waals surface area contributed by atoms with Crippen LogP contribution in [0.15, 0.2) is 53.6 Å². The minimum Gasteiger partial charge on any atom is -0.442 e. The van der Waals surface area contributed by atoms with Crippen molar-refractivity contribution in [2.75, 3.05) is 6.54 Å². The smallest absolute Gasteiger partial charge is 0.435 e. The van der Waals surface area contributed by atoms with Crippen molar-refractivity contribution in [1.82, 2.24) is 14.1 Å². The number of carbonyl (C=O) groups is 1. The van der Waals surface area contributed by atoms with E-state index < -0.39 is 56.8 Å². The molecule has 3 rings (SSSR count). The SMILES string of the molecule is CCN([C@H](c1ccc(F)cc1)C(F)(F)F)S(=O)(=O)c1ccc2cnn(C(=O)OC(C)(C)C)c2c1. The van der Waals surface area contributed by atoms with Crippen LogP contribution in [0.5, 0.6) is 0 Å². The quantitative estimate of drug-likeness (QED) is 0.445. The third-order valence-electron chi connectivity index (χ3n) is 4.81. The monoisotopic (exact) mass is 501 g/mol. The fourth-order valence-electron chi connectivity index (χ4n) is 3.40. The van der Waals surface area contributed by atoms with Crippen LogP contribution in [0.25, 0.3) is 10.9 Å². The predicted molar refractivity (Wildman–Crippen MR) is 116 cm³/mol. The van der Waals surface area contributed by atoms with E-state index in [1.165, 1.54) is 19.2 Å². The summed E-state index contributed by atoms with van der Waals surface area (Å²) < 4.78 is 88.6. The average Bonchev–Trinajstić information content (AvgIpc) is 3.14. The summed E-state index contributed by atoms with van der Waals surface area (Å²) >= 11 is 0. The highest BCUT2D eigenvalue weighted by Gasteiger charge is 2.48. The van der Waals surface area contributed by atoms with Crippen LogP contribution < -0.4 is 0 Å². The third-order valence-corrected chi connectivity index (χ3v) is 6.75. The van der Waals surface area contributed by atoms with Crippen LogP contribution in [0.3, 0.4) is 0 Å². The van der Waals surface area contributed by atoms with Crippen molar-refractivity contribution in [2.24, 2.45) is 0 Å². The van der Waals surface area contributed by atoms with Gasteiger partial charge in [0.05, 0.1) is 16.6 Å². The molecule has 0 aliphatic rings. The Morgan fingerprint density at radius 2 is 1.74 bits per heavy atom. The fraction of sp³-hybridized carbons (Fsp3) is 0.364. The second-order valence-corrected chi connectivity index (χ2v) is 10.4. The predicted octanol–water partition coefficient (Wildman–Crippen LogP) is 5.27. The molecule has 7 nitrogen and oxygen atoms in total. The van der Waals surface area contributed by atoms with Crippen LogP contribution >= 0.6 is 0 Å². The molecule has 0 aliphatic heterocycles. The molecule has 0 saturated carbocycles. The normalized spacial score (nSPS) is 13.9. The van der Waals surface area contributed by atoms with E-state index in [9.17, 15) is 30.8 Å². The molecule has 0 unspecified atom stereocenters. The Kier molecular flexibility index (Phi) is 6.78. The van der Waals surface area contributed by atoms with Crippen LogP contribution in [0, 0.1) is 5.82 Å². The summed E-state index contributed by atoms with van der Waals surface area (Å²) in [7, 11) is -4.71. The fourth-order valence-corrected chi connectivity index (χ4v) is 5.03. The molecule has 0 amide bonds. The molecule has 0 N–H and O–H groups in total. The summed E-state index contributed by atoms with van der Waals surface area (Å²) in [4.78, 5) is 12.0. The lowest BCUT2D eigenvalue weighted by Crippen LogP contribution is -2.42. The highest BCUT2D eigenvalue weighted by molar-refractivity contribution is 7.89. The number of carbonyl (C=O) groups excluding carboxylic acids is 1. The van der Waals surface area contributed by atoms with Gasteiger partial charge in [-0.1, -0.05) is 19.1 Å². The number of hydrogen-bond acceptors (Lipinski definition) is 5. The number of nitrogens with zero attached hydrogens (tertiary/aromatic N) is 3. The maximum absolute atomic E-state index is 14.0. The molecule has 12 heteroatoms. The van der Waals surface area contributed by atoms with Gasteiger partial charge in [0.2, 0.25) is 10.0 Å². The van der Waals surface area contributed by atoms with Crippen molar-refractivity contribution in [2.45, 2.75) is 50.4 Å². The van der Waals surface area contributed by atoms with Gasteiger partial charge >= 0.3 is 12.3 Å². The molecule has 184 valence electrons. The zero-order valence-corrected chi connectivity index (χ0v) is 19.6. The molecule has 0 bridgehead atoms. The van der Waals surface area contributed by atoms with Gasteiger partial charge < -0.3 is 4.74 Å². The Morgan fingerprint density at radius 3 is 2.26 bits per heavy atom.